The fourth-order valence-electron chi connectivity index (χ4n) is 7.01. The highest BCUT2D eigenvalue weighted by Crippen LogP contribution is 2.31. The Morgan fingerprint density at radius 1 is 0.596 bits per heavy atom. The van der Waals surface area contributed by atoms with Crippen LogP contribution in [0.2, 0.25) is 0 Å². The molecule has 47 heavy (non-hydrogen) atoms. The molecule has 1 fully saturated rings. The number of hydrogen-bond acceptors (Lipinski definition) is 2. The van der Waals surface area contributed by atoms with E-state index in [1.165, 1.54) is 72.4 Å². The molecule has 0 spiro atoms. The number of likely N-dealkylation sites (tertiary alicyclic amines) is 1. The highest BCUT2D eigenvalue weighted by molar-refractivity contribution is 9.10. The van der Waals surface area contributed by atoms with Crippen molar-refractivity contribution >= 4 is 34.0 Å². The van der Waals surface area contributed by atoms with Crippen molar-refractivity contribution in [3.63, 3.8) is 0 Å². The van der Waals surface area contributed by atoms with Crippen LogP contribution in [0.15, 0.2) is 102 Å². The van der Waals surface area contributed by atoms with Crippen molar-refractivity contribution in [2.45, 2.75) is 73.5 Å². The van der Waals surface area contributed by atoms with E-state index < -0.39 is 0 Å². The fourth-order valence-corrected chi connectivity index (χ4v) is 7.28. The Labute approximate surface area is 297 Å². The normalized spacial score (nSPS) is 13.8. The molecule has 0 saturated carbocycles. The maximum absolute atomic E-state index is 3.65. The summed E-state index contributed by atoms with van der Waals surface area (Å²) in [6.07, 6.45) is 2.31. The summed E-state index contributed by atoms with van der Waals surface area (Å²) in [5.74, 6) is 0. The van der Waals surface area contributed by atoms with Crippen LogP contribution in [0, 0.1) is 41.5 Å². The number of benzene rings is 5. The van der Waals surface area contributed by atoms with Crippen molar-refractivity contribution in [2.75, 3.05) is 18.0 Å². The highest BCUT2D eigenvalue weighted by atomic mass is 79.9. The molecule has 244 valence electrons. The number of hydrogen-bond donors (Lipinski definition) is 0. The van der Waals surface area contributed by atoms with Gasteiger partial charge in [-0.15, -0.1) is 12.4 Å². The summed E-state index contributed by atoms with van der Waals surface area (Å²) in [7, 11) is 0. The summed E-state index contributed by atoms with van der Waals surface area (Å²) in [6, 6.07) is 37.1. The van der Waals surface area contributed by atoms with E-state index >= 15 is 0 Å². The molecule has 0 unspecified atom stereocenters. The van der Waals surface area contributed by atoms with E-state index in [1.807, 2.05) is 0 Å². The minimum Gasteiger partial charge on any atom is -0.364 e. The van der Waals surface area contributed by atoms with Gasteiger partial charge in [-0.3, -0.25) is 4.90 Å². The second-order valence-corrected chi connectivity index (χ2v) is 14.4. The minimum atomic E-state index is 0. The Morgan fingerprint density at radius 2 is 1.06 bits per heavy atom. The van der Waals surface area contributed by atoms with Crippen molar-refractivity contribution in [1.82, 2.24) is 4.90 Å². The predicted molar refractivity (Wildman–Crippen MR) is 208 cm³/mol. The zero-order valence-electron chi connectivity index (χ0n) is 28.7. The van der Waals surface area contributed by atoms with Gasteiger partial charge in [0.2, 0.25) is 0 Å². The van der Waals surface area contributed by atoms with Gasteiger partial charge in [-0.05, 0) is 158 Å². The Hall–Kier alpha value is -3.37. The molecule has 0 radical (unpaired) electrons. The number of nitrogens with zero attached hydrogens (tertiary/aromatic N) is 2. The molecule has 5 aromatic rings. The zero-order chi connectivity index (χ0) is 32.4. The molecule has 6 rings (SSSR count). The van der Waals surface area contributed by atoms with E-state index in [9.17, 15) is 0 Å². The summed E-state index contributed by atoms with van der Waals surface area (Å²) in [6.45, 7) is 17.4. The maximum atomic E-state index is 3.65. The molecule has 1 aliphatic rings. The second kappa shape index (κ2) is 15.2. The SMILES string of the molecule is Cc1cc(-c2cccc(CN3CCC(N(Cc4cccc(-c5cc(C)c(C)c(C)c5)c4)c4ccc(Br)cc4)CC3)c2)cc(C)c1C.Cl. The molecule has 0 amide bonds. The van der Waals surface area contributed by atoms with Crippen LogP contribution in [0.1, 0.15) is 57.3 Å². The number of rotatable bonds is 8. The molecular formula is C43H48BrClN2. The van der Waals surface area contributed by atoms with Crippen LogP contribution in [-0.2, 0) is 13.1 Å². The first-order valence-corrected chi connectivity index (χ1v) is 17.5. The second-order valence-electron chi connectivity index (χ2n) is 13.5. The van der Waals surface area contributed by atoms with Gasteiger partial charge in [0.05, 0.1) is 0 Å². The molecular weight excluding hydrogens is 660 g/mol. The van der Waals surface area contributed by atoms with Crippen LogP contribution in [0.3, 0.4) is 0 Å². The van der Waals surface area contributed by atoms with Crippen molar-refractivity contribution < 1.29 is 0 Å². The zero-order valence-corrected chi connectivity index (χ0v) is 31.1. The minimum absolute atomic E-state index is 0. The first-order valence-electron chi connectivity index (χ1n) is 16.7. The van der Waals surface area contributed by atoms with Crippen LogP contribution in [-0.4, -0.2) is 24.0 Å². The smallest absolute Gasteiger partial charge is 0.0432 e. The molecule has 2 nitrogen and oxygen atoms in total. The Balaban J connectivity index is 0.00000433. The van der Waals surface area contributed by atoms with Gasteiger partial charge in [-0.25, -0.2) is 0 Å². The summed E-state index contributed by atoms with van der Waals surface area (Å²) in [5, 5.41) is 0. The Bertz CT molecular complexity index is 1790. The van der Waals surface area contributed by atoms with E-state index in [0.717, 1.165) is 43.5 Å². The molecule has 0 aliphatic carbocycles. The first-order chi connectivity index (χ1) is 22.1. The molecule has 5 aromatic carbocycles. The molecule has 0 atom stereocenters. The van der Waals surface area contributed by atoms with Crippen LogP contribution in [0.4, 0.5) is 5.69 Å². The van der Waals surface area contributed by atoms with E-state index in [-0.39, 0.29) is 12.4 Å². The average molecular weight is 708 g/mol. The lowest BCUT2D eigenvalue weighted by molar-refractivity contribution is 0.201. The summed E-state index contributed by atoms with van der Waals surface area (Å²) in [5.41, 5.74) is 17.5. The summed E-state index contributed by atoms with van der Waals surface area (Å²) in [4.78, 5) is 5.29. The number of piperidine rings is 1. The summed E-state index contributed by atoms with van der Waals surface area (Å²) >= 11 is 3.65. The quantitative estimate of drug-likeness (QED) is 0.158. The number of anilines is 1. The largest absolute Gasteiger partial charge is 0.364 e. The van der Waals surface area contributed by atoms with Gasteiger partial charge in [0.15, 0.2) is 0 Å². The Morgan fingerprint density at radius 3 is 1.57 bits per heavy atom. The lowest BCUT2D eigenvalue weighted by Gasteiger charge is -2.40. The van der Waals surface area contributed by atoms with E-state index in [0.29, 0.717) is 6.04 Å². The molecule has 0 N–H and O–H groups in total. The maximum Gasteiger partial charge on any atom is 0.0432 e. The van der Waals surface area contributed by atoms with Crippen LogP contribution in [0.25, 0.3) is 22.3 Å². The predicted octanol–water partition coefficient (Wildman–Crippen LogP) is 11.7. The van der Waals surface area contributed by atoms with E-state index in [2.05, 4.69) is 164 Å². The van der Waals surface area contributed by atoms with Gasteiger partial charge >= 0.3 is 0 Å². The average Bonchev–Trinajstić information content (AvgIpc) is 3.06. The third-order valence-corrected chi connectivity index (χ3v) is 10.8. The van der Waals surface area contributed by atoms with Gasteiger partial charge in [0.1, 0.15) is 0 Å². The van der Waals surface area contributed by atoms with Crippen LogP contribution < -0.4 is 4.90 Å². The number of aryl methyl sites for hydroxylation is 4. The molecule has 1 saturated heterocycles. The standard InChI is InChI=1S/C43H47BrN2.ClH/c1-29-21-39(22-30(2)33(29)5)37-11-7-9-35(25-37)27-45-19-17-43(18-20-45)46(42-15-13-41(44)14-16-42)28-36-10-8-12-38(26-36)40-23-31(3)34(6)32(4)24-40;/h7-16,21-26,43H,17-20,27-28H2,1-6H3;1H. The molecule has 1 heterocycles. The Kier molecular flexibility index (Phi) is 11.3. The van der Waals surface area contributed by atoms with E-state index in [1.54, 1.807) is 0 Å². The topological polar surface area (TPSA) is 6.48 Å². The van der Waals surface area contributed by atoms with Crippen molar-refractivity contribution in [3.05, 3.63) is 146 Å². The first kappa shape index (κ1) is 35.0. The monoisotopic (exact) mass is 706 g/mol. The van der Waals surface area contributed by atoms with Crippen LogP contribution >= 0.6 is 28.3 Å². The molecule has 0 aromatic heterocycles. The lowest BCUT2D eigenvalue weighted by Crippen LogP contribution is -2.44. The molecule has 0 bridgehead atoms. The third kappa shape index (κ3) is 8.20. The van der Waals surface area contributed by atoms with E-state index in [4.69, 9.17) is 0 Å². The molecule has 1 aliphatic heterocycles. The van der Waals surface area contributed by atoms with Gasteiger partial charge in [0.25, 0.3) is 0 Å². The fraction of sp³-hybridized carbons (Fsp3) is 0.302. The third-order valence-electron chi connectivity index (χ3n) is 10.3. The van der Waals surface area contributed by atoms with Gasteiger partial charge < -0.3 is 4.90 Å². The van der Waals surface area contributed by atoms with Crippen molar-refractivity contribution in [2.24, 2.45) is 0 Å². The van der Waals surface area contributed by atoms with Crippen molar-refractivity contribution in [3.8, 4) is 22.3 Å². The van der Waals surface area contributed by atoms with Gasteiger partial charge in [-0.1, -0.05) is 76.6 Å². The number of halogens is 2. The van der Waals surface area contributed by atoms with Crippen LogP contribution in [0.5, 0.6) is 0 Å². The van der Waals surface area contributed by atoms with Gasteiger partial charge in [-0.2, -0.15) is 0 Å². The molecule has 4 heteroatoms. The van der Waals surface area contributed by atoms with Gasteiger partial charge in [0, 0.05) is 42.4 Å². The summed E-state index contributed by atoms with van der Waals surface area (Å²) < 4.78 is 1.12. The highest BCUT2D eigenvalue weighted by Gasteiger charge is 2.25. The van der Waals surface area contributed by atoms with Crippen molar-refractivity contribution in [1.29, 1.82) is 0 Å². The lowest BCUT2D eigenvalue weighted by atomic mass is 9.95.